The number of benzene rings is 1. The quantitative estimate of drug-likeness (QED) is 0.891. The number of hydrogen-bond donors (Lipinski definition) is 1. The fourth-order valence-corrected chi connectivity index (χ4v) is 1.82. The molecule has 118 valence electrons. The molecule has 2 aromatic rings. The van der Waals surface area contributed by atoms with Gasteiger partial charge in [-0.2, -0.15) is 13.9 Å². The summed E-state index contributed by atoms with van der Waals surface area (Å²) in [7, 11) is 1.34. The van der Waals surface area contributed by atoms with E-state index in [1.807, 2.05) is 0 Å². The van der Waals surface area contributed by atoms with Crippen LogP contribution in [0.5, 0.6) is 11.5 Å². The molecule has 1 N–H and O–H groups in total. The summed E-state index contributed by atoms with van der Waals surface area (Å²) in [6.45, 7) is -1.31. The van der Waals surface area contributed by atoms with E-state index in [2.05, 4.69) is 15.2 Å². The molecule has 1 aromatic heterocycles. The van der Waals surface area contributed by atoms with Crippen molar-refractivity contribution in [2.75, 3.05) is 12.4 Å². The van der Waals surface area contributed by atoms with Gasteiger partial charge in [0, 0.05) is 24.1 Å². The molecule has 1 amide bonds. The van der Waals surface area contributed by atoms with Crippen LogP contribution in [-0.4, -0.2) is 29.4 Å². The zero-order chi connectivity index (χ0) is 16.1. The molecule has 0 saturated carbocycles. The lowest BCUT2D eigenvalue weighted by Gasteiger charge is -2.15. The van der Waals surface area contributed by atoms with E-state index in [1.54, 1.807) is 25.4 Å². The maximum absolute atomic E-state index is 12.4. The molecule has 0 aliphatic heterocycles. The summed E-state index contributed by atoms with van der Waals surface area (Å²) in [5.41, 5.74) is 0.320. The topological polar surface area (TPSA) is 65.4 Å². The number of nitrogens with one attached hydrogen (secondary N) is 1. The van der Waals surface area contributed by atoms with E-state index in [0.29, 0.717) is 5.69 Å². The fraction of sp³-hybridized carbons (Fsp3) is 0.286. The third-order valence-electron chi connectivity index (χ3n) is 2.95. The van der Waals surface area contributed by atoms with Gasteiger partial charge in [0.05, 0.1) is 7.11 Å². The Balaban J connectivity index is 2.13. The average Bonchev–Trinajstić information content (AvgIpc) is 3.00. The van der Waals surface area contributed by atoms with E-state index < -0.39 is 12.7 Å². The number of anilines is 1. The van der Waals surface area contributed by atoms with Gasteiger partial charge in [-0.25, -0.2) is 0 Å². The van der Waals surface area contributed by atoms with Crippen LogP contribution >= 0.6 is 0 Å². The maximum atomic E-state index is 12.4. The van der Waals surface area contributed by atoms with E-state index in [1.165, 1.54) is 30.0 Å². The summed E-state index contributed by atoms with van der Waals surface area (Å²) in [5.74, 6) is -0.336. The number of aromatic nitrogens is 2. The summed E-state index contributed by atoms with van der Waals surface area (Å²) in [4.78, 5) is 12.1. The molecule has 1 aromatic carbocycles. The number of amides is 1. The standard InChI is InChI=1S/C14H15F2N3O3/c1-9(19-7-3-6-17-19)13(20)18-10-4-5-11(21-2)12(8-10)22-14(15)16/h3-9,14H,1-2H3,(H,18,20)/t9-/m0/s1. The zero-order valence-electron chi connectivity index (χ0n) is 12.0. The molecule has 0 radical (unpaired) electrons. The molecule has 0 aliphatic carbocycles. The van der Waals surface area contributed by atoms with Crippen molar-refractivity contribution in [3.05, 3.63) is 36.7 Å². The number of carbonyl (C=O) groups is 1. The van der Waals surface area contributed by atoms with Crippen molar-refractivity contribution in [3.8, 4) is 11.5 Å². The van der Waals surface area contributed by atoms with Crippen molar-refractivity contribution in [1.29, 1.82) is 0 Å². The molecule has 0 fully saturated rings. The van der Waals surface area contributed by atoms with E-state index >= 15 is 0 Å². The summed E-state index contributed by atoms with van der Waals surface area (Å²) in [5, 5.41) is 6.59. The first kappa shape index (κ1) is 15.7. The number of nitrogens with zero attached hydrogens (tertiary/aromatic N) is 2. The Labute approximate surface area is 125 Å². The Morgan fingerprint density at radius 2 is 2.14 bits per heavy atom. The van der Waals surface area contributed by atoms with Gasteiger partial charge in [0.2, 0.25) is 5.91 Å². The van der Waals surface area contributed by atoms with Gasteiger partial charge in [0.25, 0.3) is 0 Å². The summed E-state index contributed by atoms with van der Waals surface area (Å²) in [6.07, 6.45) is 3.22. The van der Waals surface area contributed by atoms with E-state index in [9.17, 15) is 13.6 Å². The molecule has 0 unspecified atom stereocenters. The van der Waals surface area contributed by atoms with Crippen LogP contribution in [0.25, 0.3) is 0 Å². The molecular formula is C14H15F2N3O3. The predicted octanol–water partition coefficient (Wildman–Crippen LogP) is 2.69. The fourth-order valence-electron chi connectivity index (χ4n) is 1.82. The first-order valence-electron chi connectivity index (χ1n) is 6.44. The molecule has 0 saturated heterocycles. The highest BCUT2D eigenvalue weighted by molar-refractivity contribution is 5.93. The SMILES string of the molecule is COc1ccc(NC(=O)[C@H](C)n2cccn2)cc1OC(F)F. The van der Waals surface area contributed by atoms with Crippen LogP contribution in [-0.2, 0) is 4.79 Å². The van der Waals surface area contributed by atoms with Gasteiger partial charge in [-0.3, -0.25) is 9.48 Å². The molecular weight excluding hydrogens is 296 g/mol. The van der Waals surface area contributed by atoms with Crippen LogP contribution < -0.4 is 14.8 Å². The number of alkyl halides is 2. The number of ether oxygens (including phenoxy) is 2. The summed E-state index contributed by atoms with van der Waals surface area (Å²) >= 11 is 0. The molecule has 22 heavy (non-hydrogen) atoms. The second-order valence-corrected chi connectivity index (χ2v) is 4.40. The lowest BCUT2D eigenvalue weighted by Crippen LogP contribution is -2.24. The third-order valence-corrected chi connectivity index (χ3v) is 2.95. The lowest BCUT2D eigenvalue weighted by atomic mass is 10.2. The van der Waals surface area contributed by atoms with Crippen molar-refractivity contribution in [3.63, 3.8) is 0 Å². The maximum Gasteiger partial charge on any atom is 0.387 e. The van der Waals surface area contributed by atoms with E-state index in [0.717, 1.165) is 0 Å². The van der Waals surface area contributed by atoms with Gasteiger partial charge < -0.3 is 14.8 Å². The van der Waals surface area contributed by atoms with Gasteiger partial charge >= 0.3 is 6.61 Å². The number of hydrogen-bond acceptors (Lipinski definition) is 4. The molecule has 0 bridgehead atoms. The Kier molecular flexibility index (Phi) is 4.92. The highest BCUT2D eigenvalue weighted by Gasteiger charge is 2.17. The lowest BCUT2D eigenvalue weighted by molar-refractivity contribution is -0.119. The Morgan fingerprint density at radius 1 is 1.36 bits per heavy atom. The zero-order valence-corrected chi connectivity index (χ0v) is 12.0. The van der Waals surface area contributed by atoms with Gasteiger partial charge in [-0.15, -0.1) is 0 Å². The monoisotopic (exact) mass is 311 g/mol. The molecule has 2 rings (SSSR count). The van der Waals surface area contributed by atoms with E-state index in [-0.39, 0.29) is 17.4 Å². The number of carbonyl (C=O) groups excluding carboxylic acids is 1. The van der Waals surface area contributed by atoms with Gasteiger partial charge in [-0.05, 0) is 25.1 Å². The van der Waals surface area contributed by atoms with Crippen LogP contribution in [0.2, 0.25) is 0 Å². The smallest absolute Gasteiger partial charge is 0.387 e. The van der Waals surface area contributed by atoms with Crippen molar-refractivity contribution >= 4 is 11.6 Å². The van der Waals surface area contributed by atoms with E-state index in [4.69, 9.17) is 4.74 Å². The number of halogens is 2. The predicted molar refractivity (Wildman–Crippen MR) is 75.2 cm³/mol. The largest absolute Gasteiger partial charge is 0.493 e. The molecule has 1 atom stereocenters. The molecule has 8 heteroatoms. The molecule has 6 nitrogen and oxygen atoms in total. The highest BCUT2D eigenvalue weighted by atomic mass is 19.3. The van der Waals surface area contributed by atoms with Gasteiger partial charge in [0.1, 0.15) is 6.04 Å². The second-order valence-electron chi connectivity index (χ2n) is 4.40. The minimum absolute atomic E-state index is 0.151. The van der Waals surface area contributed by atoms with Gasteiger partial charge in [-0.1, -0.05) is 0 Å². The Morgan fingerprint density at radius 3 is 2.73 bits per heavy atom. The summed E-state index contributed by atoms with van der Waals surface area (Å²) < 4.78 is 35.5. The minimum Gasteiger partial charge on any atom is -0.493 e. The Hall–Kier alpha value is -2.64. The molecule has 0 aliphatic rings. The normalized spacial score (nSPS) is 12.0. The van der Waals surface area contributed by atoms with Crippen LogP contribution in [0.3, 0.4) is 0 Å². The Bertz CT molecular complexity index is 632. The van der Waals surface area contributed by atoms with Crippen molar-refractivity contribution in [1.82, 2.24) is 9.78 Å². The molecule has 1 heterocycles. The highest BCUT2D eigenvalue weighted by Crippen LogP contribution is 2.31. The van der Waals surface area contributed by atoms with Crippen LogP contribution in [0, 0.1) is 0 Å². The van der Waals surface area contributed by atoms with Crippen LogP contribution in [0.15, 0.2) is 36.7 Å². The van der Waals surface area contributed by atoms with Crippen LogP contribution in [0.4, 0.5) is 14.5 Å². The van der Waals surface area contributed by atoms with Crippen molar-refractivity contribution in [2.45, 2.75) is 19.6 Å². The third kappa shape index (κ3) is 3.72. The second kappa shape index (κ2) is 6.88. The number of methoxy groups -OCH3 is 1. The average molecular weight is 311 g/mol. The summed E-state index contributed by atoms with van der Waals surface area (Å²) in [6, 6.07) is 5.40. The van der Waals surface area contributed by atoms with Crippen molar-refractivity contribution in [2.24, 2.45) is 0 Å². The van der Waals surface area contributed by atoms with Crippen molar-refractivity contribution < 1.29 is 23.0 Å². The number of rotatable bonds is 6. The first-order valence-corrected chi connectivity index (χ1v) is 6.44. The minimum atomic E-state index is -2.98. The first-order chi connectivity index (χ1) is 10.5. The van der Waals surface area contributed by atoms with Crippen LogP contribution in [0.1, 0.15) is 13.0 Å². The molecule has 0 spiro atoms. The van der Waals surface area contributed by atoms with Gasteiger partial charge in [0.15, 0.2) is 11.5 Å².